The van der Waals surface area contributed by atoms with Crippen LogP contribution in [0.5, 0.6) is 0 Å². The van der Waals surface area contributed by atoms with Crippen molar-refractivity contribution in [2.45, 2.75) is 26.9 Å². The molecule has 0 radical (unpaired) electrons. The third kappa shape index (κ3) is 3.60. The lowest BCUT2D eigenvalue weighted by Crippen LogP contribution is -2.03. The highest BCUT2D eigenvalue weighted by atomic mass is 35.5. The summed E-state index contributed by atoms with van der Waals surface area (Å²) in [5.41, 5.74) is 0.979. The highest BCUT2D eigenvalue weighted by Gasteiger charge is 2.04. The Bertz CT molecular complexity index is 302. The quantitative estimate of drug-likeness (QED) is 0.723. The monoisotopic (exact) mass is 214 g/mol. The predicted molar refractivity (Wildman–Crippen MR) is 56.3 cm³/mol. The molecule has 14 heavy (non-hydrogen) atoms. The normalized spacial score (nSPS) is 10.9. The number of nitrogens with zero attached hydrogens (tertiary/aromatic N) is 2. The van der Waals surface area contributed by atoms with E-state index in [0.717, 1.165) is 12.1 Å². The van der Waals surface area contributed by atoms with Gasteiger partial charge in [0.15, 0.2) is 5.82 Å². The summed E-state index contributed by atoms with van der Waals surface area (Å²) in [6.07, 6.45) is 0.916. The summed E-state index contributed by atoms with van der Waals surface area (Å²) >= 11 is 5.86. The molecule has 1 aromatic rings. The van der Waals surface area contributed by atoms with Crippen LogP contribution in [0.1, 0.15) is 25.4 Å². The van der Waals surface area contributed by atoms with Gasteiger partial charge >= 0.3 is 0 Å². The summed E-state index contributed by atoms with van der Waals surface area (Å²) in [6.45, 7) is 4.70. The zero-order valence-corrected chi connectivity index (χ0v) is 9.51. The second-order valence-electron chi connectivity index (χ2n) is 3.63. The molecule has 0 saturated carbocycles. The topological polar surface area (TPSA) is 35.0 Å². The van der Waals surface area contributed by atoms with Crippen LogP contribution < -0.4 is 0 Å². The van der Waals surface area contributed by atoms with Gasteiger partial charge in [-0.3, -0.25) is 0 Å². The van der Waals surface area contributed by atoms with Crippen LogP contribution in [-0.4, -0.2) is 17.1 Å². The summed E-state index contributed by atoms with van der Waals surface area (Å²) in [6, 6.07) is 1.81. The molecule has 3 nitrogen and oxygen atoms in total. The minimum atomic E-state index is 0.408. The molecule has 1 rings (SSSR count). The molecule has 0 aliphatic rings. The molecule has 0 amide bonds. The van der Waals surface area contributed by atoms with Crippen LogP contribution in [0.2, 0.25) is 5.15 Å². The Morgan fingerprint density at radius 2 is 2.14 bits per heavy atom. The van der Waals surface area contributed by atoms with Crippen molar-refractivity contribution in [1.82, 2.24) is 9.97 Å². The maximum absolute atomic E-state index is 5.86. The Hall–Kier alpha value is -0.670. The number of methoxy groups -OCH3 is 1. The van der Waals surface area contributed by atoms with Crippen LogP contribution in [0.15, 0.2) is 6.07 Å². The van der Waals surface area contributed by atoms with E-state index < -0.39 is 0 Å². The first kappa shape index (κ1) is 11.4. The van der Waals surface area contributed by atoms with E-state index in [9.17, 15) is 0 Å². The van der Waals surface area contributed by atoms with Gasteiger partial charge in [-0.25, -0.2) is 9.97 Å². The zero-order valence-electron chi connectivity index (χ0n) is 8.75. The molecule has 0 aliphatic carbocycles. The lowest BCUT2D eigenvalue weighted by atomic mass is 10.1. The number of hydrogen-bond donors (Lipinski definition) is 0. The predicted octanol–water partition coefficient (Wildman–Crippen LogP) is 2.47. The first-order chi connectivity index (χ1) is 6.61. The van der Waals surface area contributed by atoms with Crippen molar-refractivity contribution in [3.05, 3.63) is 22.7 Å². The van der Waals surface area contributed by atoms with Crippen molar-refractivity contribution in [3.8, 4) is 0 Å². The molecule has 0 unspecified atom stereocenters. The molecule has 0 saturated heterocycles. The van der Waals surface area contributed by atoms with Gasteiger partial charge in [-0.1, -0.05) is 25.4 Å². The second-order valence-corrected chi connectivity index (χ2v) is 4.02. The Balaban J connectivity index is 2.83. The summed E-state index contributed by atoms with van der Waals surface area (Å²) in [5, 5.41) is 0.489. The maximum Gasteiger partial charge on any atom is 0.155 e. The van der Waals surface area contributed by atoms with Crippen molar-refractivity contribution in [2.24, 2.45) is 5.92 Å². The van der Waals surface area contributed by atoms with Gasteiger partial charge in [0.25, 0.3) is 0 Å². The van der Waals surface area contributed by atoms with E-state index in [1.165, 1.54) is 0 Å². The molecular formula is C10H15ClN2O. The standard InChI is InChI=1S/C10H15ClN2O/c1-7(2)4-8-5-9(11)13-10(12-8)6-14-3/h5,7H,4,6H2,1-3H3. The van der Waals surface area contributed by atoms with Gasteiger partial charge in [-0.05, 0) is 18.4 Å². The van der Waals surface area contributed by atoms with E-state index in [2.05, 4.69) is 23.8 Å². The van der Waals surface area contributed by atoms with Gasteiger partial charge in [0.05, 0.1) is 0 Å². The largest absolute Gasteiger partial charge is 0.377 e. The molecule has 0 bridgehead atoms. The average Bonchev–Trinajstić information content (AvgIpc) is 2.01. The first-order valence-electron chi connectivity index (χ1n) is 4.63. The SMILES string of the molecule is COCc1nc(Cl)cc(CC(C)C)n1. The third-order valence-electron chi connectivity index (χ3n) is 1.69. The number of aromatic nitrogens is 2. The summed E-state index contributed by atoms with van der Waals surface area (Å²) in [5.74, 6) is 1.21. The minimum absolute atomic E-state index is 0.408. The van der Waals surface area contributed by atoms with Crippen molar-refractivity contribution < 1.29 is 4.74 Å². The molecule has 78 valence electrons. The lowest BCUT2D eigenvalue weighted by molar-refractivity contribution is 0.177. The van der Waals surface area contributed by atoms with Crippen molar-refractivity contribution in [2.75, 3.05) is 7.11 Å². The Kier molecular flexibility index (Phi) is 4.29. The third-order valence-corrected chi connectivity index (χ3v) is 1.88. The second kappa shape index (κ2) is 5.27. The van der Waals surface area contributed by atoms with E-state index in [1.807, 2.05) is 0 Å². The summed E-state index contributed by atoms with van der Waals surface area (Å²) in [4.78, 5) is 8.40. The van der Waals surface area contributed by atoms with Crippen LogP contribution in [0.25, 0.3) is 0 Å². The highest BCUT2D eigenvalue weighted by molar-refractivity contribution is 6.29. The fourth-order valence-corrected chi connectivity index (χ4v) is 1.46. The number of ether oxygens (including phenoxy) is 1. The molecule has 0 atom stereocenters. The molecule has 0 aromatic carbocycles. The van der Waals surface area contributed by atoms with Gasteiger partial charge in [0.2, 0.25) is 0 Å². The first-order valence-corrected chi connectivity index (χ1v) is 5.01. The van der Waals surface area contributed by atoms with E-state index in [1.54, 1.807) is 13.2 Å². The van der Waals surface area contributed by atoms with Gasteiger partial charge in [0.1, 0.15) is 11.8 Å². The number of halogens is 1. The van der Waals surface area contributed by atoms with Crippen LogP contribution in [0, 0.1) is 5.92 Å². The van der Waals surface area contributed by atoms with Gasteiger partial charge in [-0.15, -0.1) is 0 Å². The Morgan fingerprint density at radius 3 is 2.71 bits per heavy atom. The minimum Gasteiger partial charge on any atom is -0.377 e. The van der Waals surface area contributed by atoms with E-state index in [-0.39, 0.29) is 0 Å². The smallest absolute Gasteiger partial charge is 0.155 e. The van der Waals surface area contributed by atoms with E-state index in [0.29, 0.717) is 23.5 Å². The molecule has 0 spiro atoms. The van der Waals surface area contributed by atoms with Crippen LogP contribution in [0.3, 0.4) is 0 Å². The molecule has 0 aliphatic heterocycles. The fraction of sp³-hybridized carbons (Fsp3) is 0.600. The number of rotatable bonds is 4. The van der Waals surface area contributed by atoms with Crippen LogP contribution in [0.4, 0.5) is 0 Å². The van der Waals surface area contributed by atoms with Gasteiger partial charge < -0.3 is 4.74 Å². The van der Waals surface area contributed by atoms with Crippen molar-refractivity contribution >= 4 is 11.6 Å². The van der Waals surface area contributed by atoms with E-state index in [4.69, 9.17) is 16.3 Å². The van der Waals surface area contributed by atoms with Crippen LogP contribution in [-0.2, 0) is 17.8 Å². The molecular weight excluding hydrogens is 200 g/mol. The summed E-state index contributed by atoms with van der Waals surface area (Å²) < 4.78 is 4.96. The van der Waals surface area contributed by atoms with Crippen LogP contribution >= 0.6 is 11.6 Å². The zero-order chi connectivity index (χ0) is 10.6. The Morgan fingerprint density at radius 1 is 1.43 bits per heavy atom. The van der Waals surface area contributed by atoms with Crippen molar-refractivity contribution in [3.63, 3.8) is 0 Å². The summed E-state index contributed by atoms with van der Waals surface area (Å²) in [7, 11) is 1.62. The molecule has 4 heteroatoms. The highest BCUT2D eigenvalue weighted by Crippen LogP contribution is 2.11. The lowest BCUT2D eigenvalue weighted by Gasteiger charge is -2.06. The molecule has 1 heterocycles. The Labute approximate surface area is 89.5 Å². The molecule has 0 N–H and O–H groups in total. The molecule has 1 aromatic heterocycles. The van der Waals surface area contributed by atoms with Gasteiger partial charge in [-0.2, -0.15) is 0 Å². The van der Waals surface area contributed by atoms with E-state index >= 15 is 0 Å². The number of hydrogen-bond acceptors (Lipinski definition) is 3. The van der Waals surface area contributed by atoms with Crippen molar-refractivity contribution in [1.29, 1.82) is 0 Å². The maximum atomic E-state index is 5.86. The van der Waals surface area contributed by atoms with Gasteiger partial charge in [0, 0.05) is 12.8 Å². The molecule has 0 fully saturated rings. The average molecular weight is 215 g/mol. The fourth-order valence-electron chi connectivity index (χ4n) is 1.23.